The van der Waals surface area contributed by atoms with Crippen molar-refractivity contribution >= 4 is 11.4 Å². The molecule has 21 heavy (non-hydrogen) atoms. The van der Waals surface area contributed by atoms with Gasteiger partial charge in [-0.05, 0) is 18.9 Å². The standard InChI is InChI=1S/C14H18F2N2O3/c15-11-6-7-12(18(19)20)14(13(11)16)17-8-9-21-10-4-2-1-3-5-10/h6-7,10,17H,1-5,8-9H2. The third kappa shape index (κ3) is 4.10. The van der Waals surface area contributed by atoms with E-state index in [-0.39, 0.29) is 12.6 Å². The molecule has 1 N–H and O–H groups in total. The molecule has 0 aromatic heterocycles. The molecule has 1 fully saturated rings. The summed E-state index contributed by atoms with van der Waals surface area (Å²) < 4.78 is 32.4. The van der Waals surface area contributed by atoms with Gasteiger partial charge in [-0.1, -0.05) is 19.3 Å². The second kappa shape index (κ2) is 7.31. The lowest BCUT2D eigenvalue weighted by atomic mass is 9.98. The first-order chi connectivity index (χ1) is 10.1. The highest BCUT2D eigenvalue weighted by Gasteiger charge is 2.21. The fraction of sp³-hybridized carbons (Fsp3) is 0.571. The summed E-state index contributed by atoms with van der Waals surface area (Å²) >= 11 is 0. The lowest BCUT2D eigenvalue weighted by molar-refractivity contribution is -0.384. The van der Waals surface area contributed by atoms with Crippen molar-refractivity contribution in [1.82, 2.24) is 0 Å². The topological polar surface area (TPSA) is 64.4 Å². The summed E-state index contributed by atoms with van der Waals surface area (Å²) in [4.78, 5) is 10.1. The third-order valence-corrected chi connectivity index (χ3v) is 3.58. The summed E-state index contributed by atoms with van der Waals surface area (Å²) in [5, 5.41) is 13.4. The maximum atomic E-state index is 13.6. The predicted molar refractivity (Wildman–Crippen MR) is 74.3 cm³/mol. The fourth-order valence-corrected chi connectivity index (χ4v) is 2.49. The minimum Gasteiger partial charge on any atom is -0.376 e. The number of ether oxygens (including phenoxy) is 1. The monoisotopic (exact) mass is 300 g/mol. The van der Waals surface area contributed by atoms with E-state index >= 15 is 0 Å². The van der Waals surface area contributed by atoms with Crippen LogP contribution in [0.4, 0.5) is 20.2 Å². The normalized spacial score (nSPS) is 15.9. The van der Waals surface area contributed by atoms with E-state index in [4.69, 9.17) is 4.74 Å². The van der Waals surface area contributed by atoms with Crippen LogP contribution in [0.5, 0.6) is 0 Å². The van der Waals surface area contributed by atoms with Gasteiger partial charge in [-0.15, -0.1) is 0 Å². The molecular formula is C14H18F2N2O3. The number of hydrogen-bond donors (Lipinski definition) is 1. The maximum Gasteiger partial charge on any atom is 0.295 e. The van der Waals surface area contributed by atoms with Gasteiger partial charge < -0.3 is 10.1 Å². The highest BCUT2D eigenvalue weighted by molar-refractivity contribution is 5.62. The Labute approximate surface area is 121 Å². The number of nitro benzene ring substituents is 1. The molecular weight excluding hydrogens is 282 g/mol. The van der Waals surface area contributed by atoms with Crippen LogP contribution in [0.25, 0.3) is 0 Å². The number of anilines is 1. The summed E-state index contributed by atoms with van der Waals surface area (Å²) in [6, 6.07) is 1.69. The Morgan fingerprint density at radius 2 is 2.00 bits per heavy atom. The molecule has 1 aromatic rings. The van der Waals surface area contributed by atoms with Crippen LogP contribution in [0.2, 0.25) is 0 Å². The van der Waals surface area contributed by atoms with Gasteiger partial charge in [0, 0.05) is 12.6 Å². The maximum absolute atomic E-state index is 13.6. The number of nitrogens with zero attached hydrogens (tertiary/aromatic N) is 1. The van der Waals surface area contributed by atoms with Crippen LogP contribution in [0.1, 0.15) is 32.1 Å². The van der Waals surface area contributed by atoms with E-state index in [0.29, 0.717) is 6.61 Å². The summed E-state index contributed by atoms with van der Waals surface area (Å²) in [5.74, 6) is -2.35. The number of nitro groups is 1. The number of rotatable bonds is 6. The average molecular weight is 300 g/mol. The molecule has 0 spiro atoms. The Bertz CT molecular complexity index is 505. The van der Waals surface area contributed by atoms with E-state index in [2.05, 4.69) is 5.32 Å². The van der Waals surface area contributed by atoms with Gasteiger partial charge in [-0.2, -0.15) is 0 Å². The molecule has 1 saturated carbocycles. The molecule has 1 aliphatic carbocycles. The molecule has 116 valence electrons. The molecule has 0 radical (unpaired) electrons. The highest BCUT2D eigenvalue weighted by atomic mass is 19.2. The molecule has 5 nitrogen and oxygen atoms in total. The molecule has 1 aromatic carbocycles. The molecule has 0 aliphatic heterocycles. The van der Waals surface area contributed by atoms with Crippen LogP contribution >= 0.6 is 0 Å². The van der Waals surface area contributed by atoms with E-state index in [1.165, 1.54) is 6.42 Å². The number of hydrogen-bond acceptors (Lipinski definition) is 4. The van der Waals surface area contributed by atoms with Crippen LogP contribution in [0, 0.1) is 21.7 Å². The Morgan fingerprint density at radius 3 is 2.67 bits per heavy atom. The van der Waals surface area contributed by atoms with E-state index in [9.17, 15) is 18.9 Å². The molecule has 0 atom stereocenters. The summed E-state index contributed by atoms with van der Waals surface area (Å²) in [7, 11) is 0. The average Bonchev–Trinajstić information content (AvgIpc) is 2.48. The summed E-state index contributed by atoms with van der Waals surface area (Å²) in [5.41, 5.74) is -0.904. The first kappa shape index (κ1) is 15.6. The zero-order chi connectivity index (χ0) is 15.2. The lowest BCUT2D eigenvalue weighted by Gasteiger charge is -2.22. The van der Waals surface area contributed by atoms with Gasteiger partial charge in [0.2, 0.25) is 0 Å². The third-order valence-electron chi connectivity index (χ3n) is 3.58. The first-order valence-electron chi connectivity index (χ1n) is 7.07. The van der Waals surface area contributed by atoms with Gasteiger partial charge in [0.25, 0.3) is 5.69 Å². The molecule has 0 unspecified atom stereocenters. The van der Waals surface area contributed by atoms with Crippen molar-refractivity contribution in [3.8, 4) is 0 Å². The van der Waals surface area contributed by atoms with E-state index in [1.54, 1.807) is 0 Å². The summed E-state index contributed by atoms with van der Waals surface area (Å²) in [6.45, 7) is 0.496. The minimum absolute atomic E-state index is 0.192. The highest BCUT2D eigenvalue weighted by Crippen LogP contribution is 2.29. The predicted octanol–water partition coefficient (Wildman–Crippen LogP) is 3.63. The second-order valence-corrected chi connectivity index (χ2v) is 5.07. The van der Waals surface area contributed by atoms with E-state index in [0.717, 1.165) is 37.8 Å². The van der Waals surface area contributed by atoms with Gasteiger partial charge in [0.1, 0.15) is 0 Å². The summed E-state index contributed by atoms with van der Waals surface area (Å²) in [6.07, 6.45) is 5.72. The van der Waals surface area contributed by atoms with Crippen molar-refractivity contribution in [3.05, 3.63) is 33.9 Å². The number of benzene rings is 1. The Balaban J connectivity index is 1.90. The van der Waals surface area contributed by atoms with Crippen molar-refractivity contribution in [1.29, 1.82) is 0 Å². The Hall–Kier alpha value is -1.76. The van der Waals surface area contributed by atoms with Crippen molar-refractivity contribution in [2.75, 3.05) is 18.5 Å². The van der Waals surface area contributed by atoms with E-state index < -0.39 is 27.9 Å². The smallest absolute Gasteiger partial charge is 0.295 e. The SMILES string of the molecule is O=[N+]([O-])c1ccc(F)c(F)c1NCCOC1CCCCC1. The van der Waals surface area contributed by atoms with Crippen molar-refractivity contribution in [3.63, 3.8) is 0 Å². The largest absolute Gasteiger partial charge is 0.376 e. The zero-order valence-electron chi connectivity index (χ0n) is 11.6. The lowest BCUT2D eigenvalue weighted by Crippen LogP contribution is -2.21. The van der Waals surface area contributed by atoms with Gasteiger partial charge in [0.05, 0.1) is 17.6 Å². The molecule has 0 bridgehead atoms. The van der Waals surface area contributed by atoms with Crippen molar-refractivity contribution < 1.29 is 18.4 Å². The molecule has 2 rings (SSSR count). The molecule has 0 saturated heterocycles. The zero-order valence-corrected chi connectivity index (χ0v) is 11.6. The van der Waals surface area contributed by atoms with Crippen molar-refractivity contribution in [2.45, 2.75) is 38.2 Å². The molecule has 0 heterocycles. The molecule has 1 aliphatic rings. The van der Waals surface area contributed by atoms with Crippen LogP contribution < -0.4 is 5.32 Å². The van der Waals surface area contributed by atoms with Crippen molar-refractivity contribution in [2.24, 2.45) is 0 Å². The molecule has 7 heteroatoms. The fourth-order valence-electron chi connectivity index (χ4n) is 2.49. The second-order valence-electron chi connectivity index (χ2n) is 5.07. The van der Waals surface area contributed by atoms with Crippen LogP contribution in [0.3, 0.4) is 0 Å². The Morgan fingerprint density at radius 1 is 1.29 bits per heavy atom. The van der Waals surface area contributed by atoms with Crippen LogP contribution in [-0.4, -0.2) is 24.2 Å². The molecule has 0 amide bonds. The number of nitrogens with one attached hydrogen (secondary N) is 1. The van der Waals surface area contributed by atoms with Crippen LogP contribution in [-0.2, 0) is 4.74 Å². The van der Waals surface area contributed by atoms with Crippen LogP contribution in [0.15, 0.2) is 12.1 Å². The quantitative estimate of drug-likeness (QED) is 0.495. The minimum atomic E-state index is -1.23. The van der Waals surface area contributed by atoms with Gasteiger partial charge in [-0.3, -0.25) is 10.1 Å². The van der Waals surface area contributed by atoms with Gasteiger partial charge >= 0.3 is 0 Å². The van der Waals surface area contributed by atoms with Gasteiger partial charge in [0.15, 0.2) is 17.3 Å². The number of halogens is 2. The van der Waals surface area contributed by atoms with Gasteiger partial charge in [-0.25, -0.2) is 8.78 Å². The Kier molecular flexibility index (Phi) is 5.44. The first-order valence-corrected chi connectivity index (χ1v) is 7.07. The van der Waals surface area contributed by atoms with E-state index in [1.807, 2.05) is 0 Å².